The Labute approximate surface area is 142 Å². The summed E-state index contributed by atoms with van der Waals surface area (Å²) in [5.41, 5.74) is 0.714. The maximum atomic E-state index is 12.5. The van der Waals surface area contributed by atoms with E-state index in [1.165, 1.54) is 6.20 Å². The van der Waals surface area contributed by atoms with Gasteiger partial charge in [0.05, 0.1) is 25.5 Å². The lowest BCUT2D eigenvalue weighted by molar-refractivity contribution is -0.0229. The fraction of sp³-hybridized carbons (Fsp3) is 0.250. The Morgan fingerprint density at radius 3 is 2.58 bits per heavy atom. The summed E-state index contributed by atoms with van der Waals surface area (Å²) in [6.45, 7) is 1.13. The van der Waals surface area contributed by atoms with E-state index in [0.717, 1.165) is 11.8 Å². The summed E-state index contributed by atoms with van der Waals surface area (Å²) in [6, 6.07) is 7.33. The highest BCUT2D eigenvalue weighted by Gasteiger charge is 2.28. The van der Waals surface area contributed by atoms with Gasteiger partial charge in [0, 0.05) is 17.1 Å². The van der Waals surface area contributed by atoms with Gasteiger partial charge in [0.1, 0.15) is 11.8 Å². The Morgan fingerprint density at radius 2 is 1.92 bits per heavy atom. The molecule has 7 nitrogen and oxygen atoms in total. The molecule has 0 saturated carbocycles. The molecule has 0 aliphatic carbocycles. The molecule has 1 N–H and O–H groups in total. The summed E-state index contributed by atoms with van der Waals surface area (Å²) in [6.07, 6.45) is 1.93. The van der Waals surface area contributed by atoms with E-state index in [9.17, 15) is 9.59 Å². The van der Waals surface area contributed by atoms with Gasteiger partial charge in [0.15, 0.2) is 5.69 Å². The lowest BCUT2D eigenvalue weighted by Gasteiger charge is -2.33. The van der Waals surface area contributed by atoms with Crippen LogP contribution < -0.4 is 0 Å². The van der Waals surface area contributed by atoms with E-state index in [2.05, 4.69) is 9.97 Å². The van der Waals surface area contributed by atoms with Gasteiger partial charge >= 0.3 is 5.97 Å². The number of nitrogens with zero attached hydrogens (tertiary/aromatic N) is 3. The quantitative estimate of drug-likeness (QED) is 0.913. The fourth-order valence-corrected chi connectivity index (χ4v) is 2.73. The molecule has 1 aromatic heterocycles. The molecule has 1 saturated heterocycles. The largest absolute Gasteiger partial charge is 0.476 e. The van der Waals surface area contributed by atoms with Crippen molar-refractivity contribution in [1.29, 1.82) is 0 Å². The van der Waals surface area contributed by atoms with Crippen LogP contribution in [0.15, 0.2) is 36.7 Å². The summed E-state index contributed by atoms with van der Waals surface area (Å²) in [5.74, 6) is -1.51. The molecule has 1 amide bonds. The molecule has 0 bridgehead atoms. The van der Waals surface area contributed by atoms with Crippen molar-refractivity contribution in [2.24, 2.45) is 0 Å². The minimum absolute atomic E-state index is 0.0970. The van der Waals surface area contributed by atoms with Crippen LogP contribution in [0.1, 0.15) is 32.6 Å². The van der Waals surface area contributed by atoms with Crippen LogP contribution in [0.2, 0.25) is 5.02 Å². The minimum Gasteiger partial charge on any atom is -0.476 e. The van der Waals surface area contributed by atoms with Crippen LogP contribution in [0.5, 0.6) is 0 Å². The second-order valence-electron chi connectivity index (χ2n) is 5.22. The monoisotopic (exact) mass is 347 g/mol. The number of carboxylic acids is 1. The van der Waals surface area contributed by atoms with Crippen LogP contribution in [0.4, 0.5) is 0 Å². The van der Waals surface area contributed by atoms with Crippen LogP contribution in [-0.2, 0) is 4.74 Å². The fourth-order valence-electron chi connectivity index (χ4n) is 2.47. The van der Waals surface area contributed by atoms with Gasteiger partial charge < -0.3 is 14.7 Å². The lowest BCUT2D eigenvalue weighted by atomic mass is 10.1. The van der Waals surface area contributed by atoms with E-state index in [-0.39, 0.29) is 23.4 Å². The summed E-state index contributed by atoms with van der Waals surface area (Å²) in [5, 5.41) is 9.41. The number of ether oxygens (including phenoxy) is 1. The summed E-state index contributed by atoms with van der Waals surface area (Å²) < 4.78 is 5.72. The summed E-state index contributed by atoms with van der Waals surface area (Å²) >= 11 is 6.19. The van der Waals surface area contributed by atoms with Gasteiger partial charge in [0.25, 0.3) is 5.91 Å². The number of aromatic carboxylic acids is 1. The molecule has 1 aliphatic rings. The van der Waals surface area contributed by atoms with Crippen molar-refractivity contribution < 1.29 is 19.4 Å². The molecule has 0 radical (unpaired) electrons. The number of aromatic nitrogens is 2. The van der Waals surface area contributed by atoms with Gasteiger partial charge in [-0.05, 0) is 6.07 Å². The van der Waals surface area contributed by atoms with Crippen LogP contribution in [-0.4, -0.2) is 51.5 Å². The lowest BCUT2D eigenvalue weighted by Crippen LogP contribution is -2.42. The molecule has 3 rings (SSSR count). The third-order valence-electron chi connectivity index (χ3n) is 3.70. The smallest absolute Gasteiger partial charge is 0.356 e. The molecule has 124 valence electrons. The first kappa shape index (κ1) is 16.4. The Hall–Kier alpha value is -2.51. The van der Waals surface area contributed by atoms with Crippen molar-refractivity contribution in [3.8, 4) is 0 Å². The first-order valence-electron chi connectivity index (χ1n) is 7.27. The van der Waals surface area contributed by atoms with Crippen LogP contribution in [0, 0.1) is 0 Å². The second-order valence-corrected chi connectivity index (χ2v) is 5.63. The van der Waals surface area contributed by atoms with Crippen LogP contribution >= 0.6 is 11.6 Å². The highest BCUT2D eigenvalue weighted by Crippen LogP contribution is 2.28. The number of carboxylic acid groups (broad SMARTS) is 1. The zero-order valence-corrected chi connectivity index (χ0v) is 13.3. The zero-order chi connectivity index (χ0) is 17.1. The Kier molecular flexibility index (Phi) is 4.73. The Bertz CT molecular complexity index is 766. The standard InChI is InChI=1S/C16H14ClN3O4/c17-11-4-2-1-3-10(11)14-9-20(5-6-24-14)15(21)12-7-19-13(8-18-12)16(22)23/h1-4,7-8,14H,5-6,9H2,(H,22,23). The second kappa shape index (κ2) is 6.94. The molecule has 1 unspecified atom stereocenters. The maximum absolute atomic E-state index is 12.5. The van der Waals surface area contributed by atoms with E-state index in [4.69, 9.17) is 21.4 Å². The van der Waals surface area contributed by atoms with E-state index in [0.29, 0.717) is 24.7 Å². The molecule has 1 aromatic carbocycles. The van der Waals surface area contributed by atoms with Crippen LogP contribution in [0.25, 0.3) is 0 Å². The van der Waals surface area contributed by atoms with Crippen molar-refractivity contribution in [2.75, 3.05) is 19.7 Å². The molecule has 0 spiro atoms. The zero-order valence-electron chi connectivity index (χ0n) is 12.6. The number of hydrogen-bond acceptors (Lipinski definition) is 5. The van der Waals surface area contributed by atoms with E-state index >= 15 is 0 Å². The first-order valence-corrected chi connectivity index (χ1v) is 7.64. The van der Waals surface area contributed by atoms with Crippen molar-refractivity contribution in [3.63, 3.8) is 0 Å². The van der Waals surface area contributed by atoms with Crippen molar-refractivity contribution in [1.82, 2.24) is 14.9 Å². The maximum Gasteiger partial charge on any atom is 0.356 e. The highest BCUT2D eigenvalue weighted by molar-refractivity contribution is 6.31. The predicted molar refractivity (Wildman–Crippen MR) is 85.0 cm³/mol. The molecule has 2 aromatic rings. The first-order chi connectivity index (χ1) is 11.6. The molecule has 2 heterocycles. The summed E-state index contributed by atoms with van der Waals surface area (Å²) in [7, 11) is 0. The van der Waals surface area contributed by atoms with E-state index in [1.54, 1.807) is 11.0 Å². The molecule has 1 aliphatic heterocycles. The number of halogens is 1. The van der Waals surface area contributed by atoms with Gasteiger partial charge in [-0.1, -0.05) is 29.8 Å². The van der Waals surface area contributed by atoms with E-state index in [1.807, 2.05) is 18.2 Å². The molecule has 8 heteroatoms. The topological polar surface area (TPSA) is 92.6 Å². The van der Waals surface area contributed by atoms with Gasteiger partial charge in [-0.2, -0.15) is 0 Å². The third-order valence-corrected chi connectivity index (χ3v) is 4.04. The van der Waals surface area contributed by atoms with Gasteiger partial charge in [-0.3, -0.25) is 4.79 Å². The predicted octanol–water partition coefficient (Wildman–Crippen LogP) is 2.04. The average Bonchev–Trinajstić information content (AvgIpc) is 2.61. The van der Waals surface area contributed by atoms with Crippen molar-refractivity contribution >= 4 is 23.5 Å². The normalized spacial score (nSPS) is 17.5. The number of carbonyl (C=O) groups is 2. The van der Waals surface area contributed by atoms with Crippen LogP contribution in [0.3, 0.4) is 0 Å². The molecule has 24 heavy (non-hydrogen) atoms. The Morgan fingerprint density at radius 1 is 1.21 bits per heavy atom. The van der Waals surface area contributed by atoms with Gasteiger partial charge in [0.2, 0.25) is 0 Å². The molecular weight excluding hydrogens is 334 g/mol. The molecular formula is C16H14ClN3O4. The highest BCUT2D eigenvalue weighted by atomic mass is 35.5. The van der Waals surface area contributed by atoms with Gasteiger partial charge in [-0.15, -0.1) is 0 Å². The number of amides is 1. The van der Waals surface area contributed by atoms with Crippen molar-refractivity contribution in [2.45, 2.75) is 6.10 Å². The number of benzene rings is 1. The number of rotatable bonds is 3. The third kappa shape index (κ3) is 3.37. The number of morpholine rings is 1. The Balaban J connectivity index is 1.75. The molecule has 1 atom stereocenters. The van der Waals surface area contributed by atoms with E-state index < -0.39 is 5.97 Å². The minimum atomic E-state index is -1.19. The van der Waals surface area contributed by atoms with Gasteiger partial charge in [-0.25, -0.2) is 14.8 Å². The number of carbonyl (C=O) groups excluding carboxylic acids is 1. The average molecular weight is 348 g/mol. The summed E-state index contributed by atoms with van der Waals surface area (Å²) in [4.78, 5) is 32.5. The van der Waals surface area contributed by atoms with Crippen molar-refractivity contribution in [3.05, 3.63) is 58.6 Å². The SMILES string of the molecule is O=C(O)c1cnc(C(=O)N2CCOC(c3ccccc3Cl)C2)cn1. The molecule has 1 fully saturated rings. The number of hydrogen-bond donors (Lipinski definition) is 1.